The molecule has 18 heavy (non-hydrogen) atoms. The van der Waals surface area contributed by atoms with Crippen molar-refractivity contribution in [1.82, 2.24) is 9.88 Å². The highest BCUT2D eigenvalue weighted by Crippen LogP contribution is 2.28. The van der Waals surface area contributed by atoms with E-state index in [1.54, 1.807) is 0 Å². The van der Waals surface area contributed by atoms with Crippen LogP contribution < -0.4 is 10.6 Å². The van der Waals surface area contributed by atoms with Gasteiger partial charge in [0.2, 0.25) is 0 Å². The Labute approximate surface area is 105 Å². The van der Waals surface area contributed by atoms with E-state index in [1.807, 2.05) is 19.0 Å². The summed E-state index contributed by atoms with van der Waals surface area (Å²) in [6, 6.07) is 1.13. The number of aromatic nitrogens is 1. The number of hydrogen-bond donors (Lipinski definition) is 1. The summed E-state index contributed by atoms with van der Waals surface area (Å²) in [5.74, 6) is -1.19. The molecule has 2 rings (SSSR count). The molecule has 2 unspecified atom stereocenters. The molecule has 0 spiro atoms. The lowest BCUT2D eigenvalue weighted by molar-refractivity contribution is 0.266. The van der Waals surface area contributed by atoms with E-state index in [2.05, 4.69) is 16.8 Å². The first-order valence-corrected chi connectivity index (χ1v) is 5.93. The smallest absolute Gasteiger partial charge is 0.168 e. The summed E-state index contributed by atoms with van der Waals surface area (Å²) in [6.45, 7) is 3.47. The Bertz CT molecular complexity index is 450. The van der Waals surface area contributed by atoms with Crippen LogP contribution in [0.5, 0.6) is 0 Å². The average Bonchev–Trinajstić information content (AvgIpc) is 2.65. The van der Waals surface area contributed by atoms with Gasteiger partial charge in [0, 0.05) is 25.2 Å². The topological polar surface area (TPSA) is 45.4 Å². The zero-order chi connectivity index (χ0) is 13.4. The van der Waals surface area contributed by atoms with Gasteiger partial charge in [0.15, 0.2) is 23.3 Å². The highest BCUT2D eigenvalue weighted by Gasteiger charge is 2.33. The highest BCUT2D eigenvalue weighted by molar-refractivity contribution is 5.48. The van der Waals surface area contributed by atoms with Crippen molar-refractivity contribution in [3.8, 4) is 0 Å². The van der Waals surface area contributed by atoms with Crippen molar-refractivity contribution in [2.75, 3.05) is 37.8 Å². The van der Waals surface area contributed by atoms with Crippen molar-refractivity contribution in [1.29, 1.82) is 0 Å². The molecule has 0 bridgehead atoms. The maximum absolute atomic E-state index is 13.7. The molecule has 1 saturated heterocycles. The molecule has 0 radical (unpaired) electrons. The summed E-state index contributed by atoms with van der Waals surface area (Å²) in [6.07, 6.45) is 0. The molecule has 1 aromatic rings. The van der Waals surface area contributed by atoms with Gasteiger partial charge in [0.25, 0.3) is 0 Å². The van der Waals surface area contributed by atoms with Crippen LogP contribution >= 0.6 is 0 Å². The molecule has 0 saturated carbocycles. The number of nitrogens with two attached hydrogens (primary N) is 1. The molecule has 0 amide bonds. The van der Waals surface area contributed by atoms with E-state index >= 15 is 0 Å². The van der Waals surface area contributed by atoms with Crippen molar-refractivity contribution in [2.24, 2.45) is 5.92 Å². The second kappa shape index (κ2) is 4.68. The summed E-state index contributed by atoms with van der Waals surface area (Å²) < 4.78 is 26.8. The molecule has 6 heteroatoms. The van der Waals surface area contributed by atoms with Crippen LogP contribution in [0.2, 0.25) is 0 Å². The lowest BCUT2D eigenvalue weighted by Crippen LogP contribution is -2.34. The van der Waals surface area contributed by atoms with Crippen LogP contribution in [0.15, 0.2) is 6.07 Å². The van der Waals surface area contributed by atoms with Crippen LogP contribution in [-0.2, 0) is 0 Å². The summed E-state index contributed by atoms with van der Waals surface area (Å²) >= 11 is 0. The van der Waals surface area contributed by atoms with E-state index in [9.17, 15) is 8.78 Å². The maximum atomic E-state index is 13.7. The molecule has 2 heterocycles. The number of nitrogens with zero attached hydrogens (tertiary/aromatic N) is 3. The van der Waals surface area contributed by atoms with Gasteiger partial charge in [-0.05, 0) is 20.0 Å². The van der Waals surface area contributed by atoms with Crippen molar-refractivity contribution in [2.45, 2.75) is 13.0 Å². The molecule has 1 aliphatic heterocycles. The number of nitrogen functional groups attached to an aromatic ring is 1. The van der Waals surface area contributed by atoms with Crippen molar-refractivity contribution in [3.63, 3.8) is 0 Å². The maximum Gasteiger partial charge on any atom is 0.168 e. The van der Waals surface area contributed by atoms with Crippen molar-refractivity contribution < 1.29 is 8.78 Å². The summed E-state index contributed by atoms with van der Waals surface area (Å²) in [5, 5.41) is 0. The Morgan fingerprint density at radius 1 is 1.33 bits per heavy atom. The zero-order valence-corrected chi connectivity index (χ0v) is 10.8. The number of rotatable bonds is 2. The Balaban J connectivity index is 2.26. The van der Waals surface area contributed by atoms with Gasteiger partial charge in [-0.3, -0.25) is 0 Å². The molecule has 100 valence electrons. The minimum atomic E-state index is -0.812. The van der Waals surface area contributed by atoms with Crippen LogP contribution in [0.3, 0.4) is 0 Å². The molecular formula is C12H18F2N4. The molecule has 0 aliphatic carbocycles. The summed E-state index contributed by atoms with van der Waals surface area (Å²) in [5.41, 5.74) is 5.40. The number of anilines is 2. The SMILES string of the molecule is CC1CN(c2nc(N)c(F)cc2F)CC1N(C)C. The first kappa shape index (κ1) is 13.0. The highest BCUT2D eigenvalue weighted by atomic mass is 19.1. The summed E-state index contributed by atoms with van der Waals surface area (Å²) in [7, 11) is 3.99. The molecule has 1 aromatic heterocycles. The van der Waals surface area contributed by atoms with Crippen LogP contribution in [0.25, 0.3) is 0 Å². The first-order valence-electron chi connectivity index (χ1n) is 5.93. The van der Waals surface area contributed by atoms with E-state index in [1.165, 1.54) is 0 Å². The Kier molecular flexibility index (Phi) is 3.38. The van der Waals surface area contributed by atoms with Gasteiger partial charge in [0.1, 0.15) is 0 Å². The molecule has 1 aliphatic rings. The summed E-state index contributed by atoms with van der Waals surface area (Å²) in [4.78, 5) is 7.74. The molecule has 1 fully saturated rings. The van der Waals surface area contributed by atoms with Gasteiger partial charge < -0.3 is 15.5 Å². The third-order valence-electron chi connectivity index (χ3n) is 3.47. The van der Waals surface area contributed by atoms with Gasteiger partial charge in [0.05, 0.1) is 0 Å². The fraction of sp³-hybridized carbons (Fsp3) is 0.583. The normalized spacial score (nSPS) is 24.0. The molecule has 0 aromatic carbocycles. The van der Waals surface area contributed by atoms with Gasteiger partial charge in [-0.15, -0.1) is 0 Å². The fourth-order valence-electron chi connectivity index (χ4n) is 2.49. The van der Waals surface area contributed by atoms with Gasteiger partial charge >= 0.3 is 0 Å². The fourth-order valence-corrected chi connectivity index (χ4v) is 2.49. The van der Waals surface area contributed by atoms with Crippen LogP contribution in [0.4, 0.5) is 20.4 Å². The predicted molar refractivity (Wildman–Crippen MR) is 67.4 cm³/mol. The monoisotopic (exact) mass is 256 g/mol. The molecule has 2 N–H and O–H groups in total. The van der Waals surface area contributed by atoms with Crippen molar-refractivity contribution in [3.05, 3.63) is 17.7 Å². The average molecular weight is 256 g/mol. The number of halogens is 2. The van der Waals surface area contributed by atoms with E-state index in [-0.39, 0.29) is 11.6 Å². The second-order valence-corrected chi connectivity index (χ2v) is 5.07. The quantitative estimate of drug-likeness (QED) is 0.867. The van der Waals surface area contributed by atoms with Gasteiger partial charge in [-0.1, -0.05) is 6.92 Å². The number of hydrogen-bond acceptors (Lipinski definition) is 4. The number of likely N-dealkylation sites (N-methyl/N-ethyl adjacent to an activating group) is 1. The Hall–Kier alpha value is -1.43. The lowest BCUT2D eigenvalue weighted by atomic mass is 10.1. The molecular weight excluding hydrogens is 238 g/mol. The van der Waals surface area contributed by atoms with Gasteiger partial charge in [-0.2, -0.15) is 0 Å². The minimum Gasteiger partial charge on any atom is -0.381 e. The third-order valence-corrected chi connectivity index (χ3v) is 3.47. The van der Waals surface area contributed by atoms with E-state index < -0.39 is 11.6 Å². The largest absolute Gasteiger partial charge is 0.381 e. The van der Waals surface area contributed by atoms with E-state index in [4.69, 9.17) is 5.73 Å². The van der Waals surface area contributed by atoms with E-state index in [0.717, 1.165) is 6.07 Å². The van der Waals surface area contributed by atoms with Crippen LogP contribution in [-0.4, -0.2) is 43.1 Å². The van der Waals surface area contributed by atoms with Gasteiger partial charge in [-0.25, -0.2) is 13.8 Å². The molecule has 2 atom stereocenters. The Morgan fingerprint density at radius 2 is 2.00 bits per heavy atom. The Morgan fingerprint density at radius 3 is 2.56 bits per heavy atom. The van der Waals surface area contributed by atoms with Crippen LogP contribution in [0.1, 0.15) is 6.92 Å². The second-order valence-electron chi connectivity index (χ2n) is 5.07. The first-order chi connectivity index (χ1) is 8.40. The van der Waals surface area contributed by atoms with Crippen LogP contribution in [0, 0.1) is 17.6 Å². The third kappa shape index (κ3) is 2.25. The lowest BCUT2D eigenvalue weighted by Gasteiger charge is -2.22. The van der Waals surface area contributed by atoms with Crippen molar-refractivity contribution >= 4 is 11.6 Å². The molecule has 4 nitrogen and oxygen atoms in total. The number of pyridine rings is 1. The van der Waals surface area contributed by atoms with E-state index in [0.29, 0.717) is 25.0 Å². The predicted octanol–water partition coefficient (Wildman–Crippen LogP) is 1.33. The standard InChI is InChI=1S/C12H18F2N4/c1-7-5-18(6-10(7)17(2)3)12-9(14)4-8(13)11(15)16-12/h4,7,10H,5-6H2,1-3H3,(H2,15,16). The zero-order valence-electron chi connectivity index (χ0n) is 10.8. The minimum absolute atomic E-state index is 0.144.